The van der Waals surface area contributed by atoms with Crippen molar-refractivity contribution >= 4 is 35.4 Å². The first kappa shape index (κ1) is 15.2. The second-order valence-electron chi connectivity index (χ2n) is 4.52. The number of piperazine rings is 1. The molecule has 1 atom stereocenters. The average molecular weight is 311 g/mol. The minimum absolute atomic E-state index is 0.0768. The Labute approximate surface area is 125 Å². The van der Waals surface area contributed by atoms with Crippen LogP contribution in [0.2, 0.25) is 5.02 Å². The van der Waals surface area contributed by atoms with Gasteiger partial charge in [0.1, 0.15) is 18.4 Å². The molecule has 1 aromatic carbocycles. The Morgan fingerprint density at radius 1 is 1.48 bits per heavy atom. The van der Waals surface area contributed by atoms with E-state index in [-0.39, 0.29) is 17.1 Å². The third-order valence-corrected chi connectivity index (χ3v) is 3.43. The van der Waals surface area contributed by atoms with Crippen molar-refractivity contribution in [3.63, 3.8) is 0 Å². The van der Waals surface area contributed by atoms with E-state index < -0.39 is 29.6 Å². The van der Waals surface area contributed by atoms with Crippen LogP contribution in [-0.4, -0.2) is 35.2 Å². The summed E-state index contributed by atoms with van der Waals surface area (Å²) in [6, 6.07) is 3.40. The molecule has 7 heteroatoms. The van der Waals surface area contributed by atoms with E-state index in [1.165, 1.54) is 31.2 Å². The highest BCUT2D eigenvalue weighted by atomic mass is 35.5. The van der Waals surface area contributed by atoms with Gasteiger partial charge in [-0.2, -0.15) is 0 Å². The highest BCUT2D eigenvalue weighted by Crippen LogP contribution is 2.20. The zero-order chi connectivity index (χ0) is 15.6. The van der Waals surface area contributed by atoms with Crippen LogP contribution in [0.4, 0.5) is 4.39 Å². The van der Waals surface area contributed by atoms with Crippen LogP contribution in [0.15, 0.2) is 24.3 Å². The van der Waals surface area contributed by atoms with Gasteiger partial charge in [0.2, 0.25) is 17.7 Å². The summed E-state index contributed by atoms with van der Waals surface area (Å²) in [5.74, 6) is -2.22. The standard InChI is InChI=1S/C14H12ClFN2O3/c1-8-14(21)17-12(19)7-18(8)13(20)6-5-9-10(15)3-2-4-11(9)16/h2-6,8H,7H2,1H3,(H,17,19,21). The van der Waals surface area contributed by atoms with Gasteiger partial charge in [-0.1, -0.05) is 17.7 Å². The van der Waals surface area contributed by atoms with Gasteiger partial charge in [0.25, 0.3) is 0 Å². The van der Waals surface area contributed by atoms with Crippen molar-refractivity contribution in [3.05, 3.63) is 40.7 Å². The van der Waals surface area contributed by atoms with Gasteiger partial charge in [0, 0.05) is 11.6 Å². The number of carbonyl (C=O) groups excluding carboxylic acids is 3. The summed E-state index contributed by atoms with van der Waals surface area (Å²) in [6.07, 6.45) is 2.32. The number of rotatable bonds is 2. The molecule has 0 aliphatic carbocycles. The SMILES string of the molecule is CC1C(=O)NC(=O)CN1C(=O)C=Cc1c(F)cccc1Cl. The van der Waals surface area contributed by atoms with E-state index in [1.54, 1.807) is 0 Å². The fraction of sp³-hybridized carbons (Fsp3) is 0.214. The number of hydrogen-bond acceptors (Lipinski definition) is 3. The zero-order valence-electron chi connectivity index (χ0n) is 11.1. The highest BCUT2D eigenvalue weighted by Gasteiger charge is 2.32. The molecule has 1 aromatic rings. The van der Waals surface area contributed by atoms with Gasteiger partial charge in [-0.3, -0.25) is 19.7 Å². The Kier molecular flexibility index (Phi) is 4.37. The molecule has 1 saturated heterocycles. The van der Waals surface area contributed by atoms with Gasteiger partial charge in [0.05, 0.1) is 5.02 Å². The van der Waals surface area contributed by atoms with Crippen molar-refractivity contribution in [3.8, 4) is 0 Å². The van der Waals surface area contributed by atoms with Crippen molar-refractivity contribution in [2.45, 2.75) is 13.0 Å². The summed E-state index contributed by atoms with van der Waals surface area (Å²) in [5.41, 5.74) is 0.0768. The number of nitrogens with zero attached hydrogens (tertiary/aromatic N) is 1. The first-order valence-electron chi connectivity index (χ1n) is 6.16. The van der Waals surface area contributed by atoms with Crippen LogP contribution >= 0.6 is 11.6 Å². The Morgan fingerprint density at radius 3 is 2.86 bits per heavy atom. The number of benzene rings is 1. The fourth-order valence-corrected chi connectivity index (χ4v) is 2.13. The first-order valence-corrected chi connectivity index (χ1v) is 6.54. The molecule has 21 heavy (non-hydrogen) atoms. The molecule has 5 nitrogen and oxygen atoms in total. The molecule has 0 saturated carbocycles. The molecule has 1 aliphatic rings. The maximum Gasteiger partial charge on any atom is 0.249 e. The Morgan fingerprint density at radius 2 is 2.19 bits per heavy atom. The molecule has 2 rings (SSSR count). The van der Waals surface area contributed by atoms with Gasteiger partial charge >= 0.3 is 0 Å². The van der Waals surface area contributed by atoms with E-state index in [0.717, 1.165) is 11.0 Å². The van der Waals surface area contributed by atoms with Crippen molar-refractivity contribution in [1.29, 1.82) is 0 Å². The lowest BCUT2D eigenvalue weighted by Crippen LogP contribution is -2.58. The van der Waals surface area contributed by atoms with Crippen LogP contribution in [0.25, 0.3) is 6.08 Å². The minimum atomic E-state index is -0.768. The largest absolute Gasteiger partial charge is 0.318 e. The van der Waals surface area contributed by atoms with E-state index in [1.807, 2.05) is 0 Å². The quantitative estimate of drug-likeness (QED) is 0.662. The lowest BCUT2D eigenvalue weighted by molar-refractivity contribution is -0.147. The third-order valence-electron chi connectivity index (χ3n) is 3.10. The third kappa shape index (κ3) is 3.28. The molecular formula is C14H12ClFN2O3. The van der Waals surface area contributed by atoms with E-state index >= 15 is 0 Å². The van der Waals surface area contributed by atoms with Crippen molar-refractivity contribution in [1.82, 2.24) is 10.2 Å². The topological polar surface area (TPSA) is 66.5 Å². The van der Waals surface area contributed by atoms with Gasteiger partial charge in [-0.05, 0) is 25.1 Å². The van der Waals surface area contributed by atoms with Crippen LogP contribution in [0.1, 0.15) is 12.5 Å². The molecule has 0 spiro atoms. The van der Waals surface area contributed by atoms with Crippen molar-refractivity contribution in [2.75, 3.05) is 6.54 Å². The maximum absolute atomic E-state index is 13.6. The summed E-state index contributed by atoms with van der Waals surface area (Å²) < 4.78 is 13.6. The lowest BCUT2D eigenvalue weighted by Gasteiger charge is -2.30. The number of amides is 3. The summed E-state index contributed by atoms with van der Waals surface area (Å²) in [7, 11) is 0. The molecule has 0 radical (unpaired) electrons. The molecule has 3 amide bonds. The lowest BCUT2D eigenvalue weighted by atomic mass is 10.1. The summed E-state index contributed by atoms with van der Waals surface area (Å²) in [6.45, 7) is 1.28. The Hall–Kier alpha value is -2.21. The molecule has 110 valence electrons. The summed E-state index contributed by atoms with van der Waals surface area (Å²) in [4.78, 5) is 35.9. The average Bonchev–Trinajstić information content (AvgIpc) is 2.42. The molecular weight excluding hydrogens is 299 g/mol. The van der Waals surface area contributed by atoms with Crippen molar-refractivity contribution in [2.24, 2.45) is 0 Å². The van der Waals surface area contributed by atoms with Crippen LogP contribution in [0.3, 0.4) is 0 Å². The molecule has 1 aliphatic heterocycles. The zero-order valence-corrected chi connectivity index (χ0v) is 11.9. The van der Waals surface area contributed by atoms with E-state index in [9.17, 15) is 18.8 Å². The molecule has 0 bridgehead atoms. The number of hydrogen-bond donors (Lipinski definition) is 1. The Bertz CT molecular complexity index is 625. The van der Waals surface area contributed by atoms with Gasteiger partial charge in [-0.15, -0.1) is 0 Å². The molecule has 1 fully saturated rings. The van der Waals surface area contributed by atoms with Gasteiger partial charge in [0.15, 0.2) is 0 Å². The van der Waals surface area contributed by atoms with Crippen LogP contribution in [-0.2, 0) is 14.4 Å². The van der Waals surface area contributed by atoms with Crippen LogP contribution < -0.4 is 5.32 Å². The first-order chi connectivity index (χ1) is 9.90. The maximum atomic E-state index is 13.6. The highest BCUT2D eigenvalue weighted by molar-refractivity contribution is 6.32. The van der Waals surface area contributed by atoms with Crippen LogP contribution in [0.5, 0.6) is 0 Å². The van der Waals surface area contributed by atoms with Crippen LogP contribution in [0, 0.1) is 5.82 Å². The molecule has 1 unspecified atom stereocenters. The minimum Gasteiger partial charge on any atom is -0.318 e. The fourth-order valence-electron chi connectivity index (χ4n) is 1.90. The number of imide groups is 1. The number of carbonyl (C=O) groups is 3. The van der Waals surface area contributed by atoms with E-state index in [0.29, 0.717) is 0 Å². The second kappa shape index (κ2) is 6.05. The normalized spacial score (nSPS) is 19.0. The van der Waals surface area contributed by atoms with Gasteiger partial charge in [-0.25, -0.2) is 4.39 Å². The van der Waals surface area contributed by atoms with Crippen molar-refractivity contribution < 1.29 is 18.8 Å². The second-order valence-corrected chi connectivity index (χ2v) is 4.93. The molecule has 0 aromatic heterocycles. The van der Waals surface area contributed by atoms with E-state index in [2.05, 4.69) is 5.32 Å². The predicted octanol–water partition coefficient (Wildman–Crippen LogP) is 1.37. The predicted molar refractivity (Wildman–Crippen MR) is 74.8 cm³/mol. The number of halogens is 2. The summed E-state index contributed by atoms with van der Waals surface area (Å²) in [5, 5.41) is 2.30. The molecule has 1 heterocycles. The van der Waals surface area contributed by atoms with Gasteiger partial charge < -0.3 is 4.90 Å². The Balaban J connectivity index is 2.19. The van der Waals surface area contributed by atoms with E-state index in [4.69, 9.17) is 11.6 Å². The monoisotopic (exact) mass is 310 g/mol. The smallest absolute Gasteiger partial charge is 0.249 e. The summed E-state index contributed by atoms with van der Waals surface area (Å²) >= 11 is 5.84. The molecule has 1 N–H and O–H groups in total. The number of nitrogens with one attached hydrogen (secondary N) is 1.